The zero-order chi connectivity index (χ0) is 16.8. The lowest BCUT2D eigenvalue weighted by molar-refractivity contribution is -0.0695. The van der Waals surface area contributed by atoms with E-state index in [1.54, 1.807) is 0 Å². The number of β-amino-alcohol motifs (C(OH)–C–C–N with tert-alkyl or cyclic N) is 2. The van der Waals surface area contributed by atoms with Crippen LogP contribution in [0.25, 0.3) is 0 Å². The lowest BCUT2D eigenvalue weighted by Gasteiger charge is -2.42. The van der Waals surface area contributed by atoms with Gasteiger partial charge in [-0.05, 0) is 34.6 Å². The van der Waals surface area contributed by atoms with E-state index in [4.69, 9.17) is 0 Å². The molecule has 1 saturated heterocycles. The molecular formula is C11H24N2O6S2. The van der Waals surface area contributed by atoms with Crippen LogP contribution in [0.5, 0.6) is 0 Å². The van der Waals surface area contributed by atoms with Gasteiger partial charge in [-0.2, -0.15) is 8.61 Å². The Bertz CT molecular complexity index is 578. The van der Waals surface area contributed by atoms with Gasteiger partial charge in [-0.1, -0.05) is 0 Å². The van der Waals surface area contributed by atoms with Gasteiger partial charge in [0.15, 0.2) is 0 Å². The number of hydrogen-bond donors (Lipinski definition) is 2. The SMILES string of the molecule is CC(C)S(=O)(=O)N1CC(O)N(S(=O)(=O)C(C)(C)C)CC1O. The van der Waals surface area contributed by atoms with Crippen LogP contribution in [0.4, 0.5) is 0 Å². The normalized spacial score (nSPS) is 27.2. The van der Waals surface area contributed by atoms with Crippen LogP contribution in [0.15, 0.2) is 0 Å². The Balaban J connectivity index is 3.10. The predicted octanol–water partition coefficient (Wildman–Crippen LogP) is -0.893. The second kappa shape index (κ2) is 5.74. The fourth-order valence-corrected chi connectivity index (χ4v) is 4.61. The highest BCUT2D eigenvalue weighted by Crippen LogP contribution is 2.27. The van der Waals surface area contributed by atoms with E-state index in [1.807, 2.05) is 0 Å². The van der Waals surface area contributed by atoms with Gasteiger partial charge >= 0.3 is 0 Å². The number of hydrogen-bond acceptors (Lipinski definition) is 6. The zero-order valence-electron chi connectivity index (χ0n) is 12.9. The maximum absolute atomic E-state index is 12.3. The van der Waals surface area contributed by atoms with Gasteiger partial charge in [0.2, 0.25) is 20.0 Å². The van der Waals surface area contributed by atoms with Crippen LogP contribution in [-0.4, -0.2) is 71.2 Å². The van der Waals surface area contributed by atoms with Crippen LogP contribution >= 0.6 is 0 Å². The molecule has 0 aromatic heterocycles. The largest absolute Gasteiger partial charge is 0.376 e. The summed E-state index contributed by atoms with van der Waals surface area (Å²) in [6.45, 7) is 6.33. The number of aliphatic hydroxyl groups is 2. The standard InChI is InChI=1S/C11H24N2O6S2/c1-8(2)20(16,17)12-6-10(15)13(7-9(12)14)21(18,19)11(3,4)5/h8-10,14-15H,6-7H2,1-5H3. The number of rotatable bonds is 3. The van der Waals surface area contributed by atoms with Crippen LogP contribution in [0.3, 0.4) is 0 Å². The first-order chi connectivity index (χ1) is 9.23. The lowest BCUT2D eigenvalue weighted by atomic mass is 10.3. The van der Waals surface area contributed by atoms with Crippen LogP contribution in [-0.2, 0) is 20.0 Å². The molecule has 1 heterocycles. The molecular weight excluding hydrogens is 320 g/mol. The van der Waals surface area contributed by atoms with Crippen molar-refractivity contribution < 1.29 is 27.0 Å². The maximum atomic E-state index is 12.3. The van der Waals surface area contributed by atoms with E-state index in [9.17, 15) is 27.0 Å². The van der Waals surface area contributed by atoms with E-state index >= 15 is 0 Å². The Kier molecular flexibility index (Phi) is 5.14. The average Bonchev–Trinajstić information content (AvgIpc) is 2.29. The van der Waals surface area contributed by atoms with Crippen molar-refractivity contribution in [2.45, 2.75) is 57.1 Å². The number of aliphatic hydroxyl groups excluding tert-OH is 2. The molecule has 0 aromatic carbocycles. The minimum Gasteiger partial charge on any atom is -0.376 e. The summed E-state index contributed by atoms with van der Waals surface area (Å²) >= 11 is 0. The monoisotopic (exact) mass is 344 g/mol. The number of nitrogens with zero attached hydrogens (tertiary/aromatic N) is 2. The molecule has 10 heteroatoms. The molecule has 0 amide bonds. The number of sulfonamides is 2. The molecule has 8 nitrogen and oxygen atoms in total. The molecule has 0 aromatic rings. The molecule has 0 radical (unpaired) electrons. The van der Waals surface area contributed by atoms with Gasteiger partial charge in [0.25, 0.3) is 0 Å². The van der Waals surface area contributed by atoms with Crippen molar-refractivity contribution in [1.29, 1.82) is 0 Å². The van der Waals surface area contributed by atoms with Crippen molar-refractivity contribution in [3.05, 3.63) is 0 Å². The minimum atomic E-state index is -3.87. The van der Waals surface area contributed by atoms with Gasteiger partial charge in [0.05, 0.1) is 23.1 Å². The van der Waals surface area contributed by atoms with Crippen molar-refractivity contribution in [3.63, 3.8) is 0 Å². The van der Waals surface area contributed by atoms with Gasteiger partial charge in [0, 0.05) is 0 Å². The Morgan fingerprint density at radius 1 is 0.952 bits per heavy atom. The summed E-state index contributed by atoms with van der Waals surface area (Å²) in [5, 5.41) is 19.3. The van der Waals surface area contributed by atoms with Crippen molar-refractivity contribution in [2.75, 3.05) is 13.1 Å². The van der Waals surface area contributed by atoms with E-state index in [0.29, 0.717) is 0 Å². The van der Waals surface area contributed by atoms with E-state index in [2.05, 4.69) is 0 Å². The van der Waals surface area contributed by atoms with Gasteiger partial charge in [0.1, 0.15) is 12.5 Å². The molecule has 1 fully saturated rings. The van der Waals surface area contributed by atoms with Crippen LogP contribution in [0.1, 0.15) is 34.6 Å². The molecule has 2 unspecified atom stereocenters. The summed E-state index contributed by atoms with van der Waals surface area (Å²) in [6, 6.07) is 0. The van der Waals surface area contributed by atoms with Gasteiger partial charge in [-0.25, -0.2) is 16.8 Å². The molecule has 1 rings (SSSR count). The minimum absolute atomic E-state index is 0.489. The first-order valence-corrected chi connectivity index (χ1v) is 9.55. The molecule has 1 aliphatic rings. The van der Waals surface area contributed by atoms with Crippen LogP contribution in [0.2, 0.25) is 0 Å². The Morgan fingerprint density at radius 3 is 1.71 bits per heavy atom. The summed E-state index contributed by atoms with van der Waals surface area (Å²) in [5.74, 6) is 0. The van der Waals surface area contributed by atoms with Crippen LogP contribution < -0.4 is 0 Å². The van der Waals surface area contributed by atoms with E-state index in [-0.39, 0.29) is 0 Å². The Labute approximate surface area is 126 Å². The van der Waals surface area contributed by atoms with Gasteiger partial charge in [-0.15, -0.1) is 0 Å². The van der Waals surface area contributed by atoms with Crippen molar-refractivity contribution in [2.24, 2.45) is 0 Å². The summed E-state index contributed by atoms with van der Waals surface area (Å²) in [6.07, 6.45) is -3.04. The third-order valence-corrected chi connectivity index (χ3v) is 8.15. The second-order valence-electron chi connectivity index (χ2n) is 6.31. The van der Waals surface area contributed by atoms with Gasteiger partial charge in [-0.3, -0.25) is 0 Å². The molecule has 2 N–H and O–H groups in total. The fraction of sp³-hybridized carbons (Fsp3) is 1.00. The highest BCUT2D eigenvalue weighted by Gasteiger charge is 2.47. The quantitative estimate of drug-likeness (QED) is 0.686. The molecule has 0 bridgehead atoms. The molecule has 1 aliphatic heterocycles. The Morgan fingerprint density at radius 2 is 1.33 bits per heavy atom. The molecule has 2 atom stereocenters. The van der Waals surface area contributed by atoms with E-state index in [0.717, 1.165) is 8.61 Å². The van der Waals surface area contributed by atoms with E-state index < -0.39 is 55.6 Å². The smallest absolute Gasteiger partial charge is 0.221 e. The fourth-order valence-electron chi connectivity index (χ4n) is 1.90. The third kappa shape index (κ3) is 3.40. The summed E-state index contributed by atoms with van der Waals surface area (Å²) in [4.78, 5) is 0. The van der Waals surface area contributed by atoms with Crippen LogP contribution in [0, 0.1) is 0 Å². The summed E-state index contributed by atoms with van der Waals surface area (Å²) in [7, 11) is -7.65. The number of piperazine rings is 1. The maximum Gasteiger partial charge on any atom is 0.221 e. The highest BCUT2D eigenvalue weighted by molar-refractivity contribution is 7.90. The molecule has 0 spiro atoms. The van der Waals surface area contributed by atoms with Crippen molar-refractivity contribution in [1.82, 2.24) is 8.61 Å². The van der Waals surface area contributed by atoms with Crippen molar-refractivity contribution in [3.8, 4) is 0 Å². The lowest BCUT2D eigenvalue weighted by Crippen LogP contribution is -2.63. The molecule has 0 saturated carbocycles. The first-order valence-electron chi connectivity index (χ1n) is 6.61. The molecule has 126 valence electrons. The molecule has 21 heavy (non-hydrogen) atoms. The van der Waals surface area contributed by atoms with Crippen molar-refractivity contribution >= 4 is 20.0 Å². The van der Waals surface area contributed by atoms with Gasteiger partial charge < -0.3 is 10.2 Å². The third-order valence-electron chi connectivity index (χ3n) is 3.36. The first kappa shape index (κ1) is 18.8. The highest BCUT2D eigenvalue weighted by atomic mass is 32.2. The van der Waals surface area contributed by atoms with E-state index in [1.165, 1.54) is 34.6 Å². The topological polar surface area (TPSA) is 115 Å². The second-order valence-corrected chi connectivity index (χ2v) is 11.4. The predicted molar refractivity (Wildman–Crippen MR) is 78.2 cm³/mol. The average molecular weight is 344 g/mol. The zero-order valence-corrected chi connectivity index (χ0v) is 14.5. The summed E-state index contributed by atoms with van der Waals surface area (Å²) in [5.41, 5.74) is 0. The molecule has 0 aliphatic carbocycles. The summed E-state index contributed by atoms with van der Waals surface area (Å²) < 4.78 is 49.2. The Hall–Kier alpha value is -0.260.